The number of hydrogen-bond acceptors (Lipinski definition) is 6. The minimum atomic E-state index is -0.403. The Morgan fingerprint density at radius 2 is 2.09 bits per heavy atom. The van der Waals surface area contributed by atoms with E-state index in [4.69, 9.17) is 4.74 Å². The Balaban J connectivity index is 3.32. The average molecular weight is 303 g/mol. The van der Waals surface area contributed by atoms with E-state index in [1.54, 1.807) is 0 Å². The molecule has 0 saturated heterocycles. The number of rotatable bonds is 6. The van der Waals surface area contributed by atoms with Crippen molar-refractivity contribution < 1.29 is 14.6 Å². The Labute approximate surface area is 128 Å². The molecule has 0 aliphatic heterocycles. The van der Waals surface area contributed by atoms with Gasteiger partial charge in [0.1, 0.15) is 11.6 Å². The summed E-state index contributed by atoms with van der Waals surface area (Å²) in [5.74, 6) is -0.751. The predicted octanol–water partition coefficient (Wildman–Crippen LogP) is 2.57. The van der Waals surface area contributed by atoms with Crippen LogP contribution in [0, 0.1) is 16.2 Å². The quantitative estimate of drug-likeness (QED) is 0.494. The number of carbonyl (C=O) groups excluding carboxylic acids is 1. The second kappa shape index (κ2) is 7.78. The molecule has 0 spiro atoms. The molecule has 7 heteroatoms. The van der Waals surface area contributed by atoms with E-state index in [1.807, 2.05) is 19.9 Å². The molecule has 0 aliphatic carbocycles. The summed E-state index contributed by atoms with van der Waals surface area (Å²) in [7, 11) is 1.32. The van der Waals surface area contributed by atoms with Gasteiger partial charge in [-0.05, 0) is 42.8 Å². The predicted molar refractivity (Wildman–Crippen MR) is 81.6 cm³/mol. The Morgan fingerprint density at radius 1 is 1.45 bits per heavy atom. The number of nitroso groups, excluding NO2 is 1. The molecule has 22 heavy (non-hydrogen) atoms. The number of likely N-dealkylation sites (N-methyl/N-ethyl adjacent to an activating group) is 1. The van der Waals surface area contributed by atoms with Gasteiger partial charge < -0.3 is 14.7 Å². The van der Waals surface area contributed by atoms with Gasteiger partial charge in [0.25, 0.3) is 5.91 Å². The average Bonchev–Trinajstić information content (AvgIpc) is 2.54. The molecular formula is C15H17N3O4. The van der Waals surface area contributed by atoms with Crippen molar-refractivity contribution in [3.05, 3.63) is 28.2 Å². The molecular weight excluding hydrogens is 286 g/mol. The SMILES string of the molecule is CCN(CC)C(=O)/C(C#N)=C/c1cc(N=O)c(O)c(OC)c1. The lowest BCUT2D eigenvalue weighted by Gasteiger charge is -2.17. The minimum Gasteiger partial charge on any atom is -0.503 e. The smallest absolute Gasteiger partial charge is 0.264 e. The third-order valence-corrected chi connectivity index (χ3v) is 3.11. The summed E-state index contributed by atoms with van der Waals surface area (Å²) in [6, 6.07) is 4.54. The number of nitrogens with zero attached hydrogens (tertiary/aromatic N) is 3. The van der Waals surface area contributed by atoms with Gasteiger partial charge in [0.2, 0.25) is 0 Å². The van der Waals surface area contributed by atoms with E-state index in [0.29, 0.717) is 18.7 Å². The minimum absolute atomic E-state index is 0.0379. The number of carbonyl (C=O) groups is 1. The Kier molecular flexibility index (Phi) is 6.08. The lowest BCUT2D eigenvalue weighted by Crippen LogP contribution is -2.31. The topological polar surface area (TPSA) is 103 Å². The number of methoxy groups -OCH3 is 1. The van der Waals surface area contributed by atoms with Crippen LogP contribution >= 0.6 is 0 Å². The van der Waals surface area contributed by atoms with Crippen molar-refractivity contribution in [3.8, 4) is 17.6 Å². The molecule has 1 N–H and O–H groups in total. The van der Waals surface area contributed by atoms with E-state index in [-0.39, 0.29) is 22.8 Å². The van der Waals surface area contributed by atoms with Crippen LogP contribution in [0.3, 0.4) is 0 Å². The van der Waals surface area contributed by atoms with E-state index < -0.39 is 5.91 Å². The fourth-order valence-corrected chi connectivity index (χ4v) is 1.91. The lowest BCUT2D eigenvalue weighted by atomic mass is 10.1. The van der Waals surface area contributed by atoms with Gasteiger partial charge in [-0.2, -0.15) is 5.26 Å². The second-order valence-corrected chi connectivity index (χ2v) is 4.33. The fourth-order valence-electron chi connectivity index (χ4n) is 1.91. The van der Waals surface area contributed by atoms with Crippen LogP contribution in [0.2, 0.25) is 0 Å². The van der Waals surface area contributed by atoms with Gasteiger partial charge in [-0.3, -0.25) is 4.79 Å². The Bertz CT molecular complexity index is 643. The maximum atomic E-state index is 12.2. The molecule has 7 nitrogen and oxygen atoms in total. The summed E-state index contributed by atoms with van der Waals surface area (Å²) in [5.41, 5.74) is 0.0628. The number of ether oxygens (including phenoxy) is 1. The number of phenolic OH excluding ortho intramolecular Hbond substituents is 1. The van der Waals surface area contributed by atoms with Gasteiger partial charge in [0, 0.05) is 13.1 Å². The second-order valence-electron chi connectivity index (χ2n) is 4.33. The van der Waals surface area contributed by atoms with Gasteiger partial charge in [-0.15, -0.1) is 4.91 Å². The van der Waals surface area contributed by atoms with Crippen LogP contribution in [0.5, 0.6) is 11.5 Å². The Hall–Kier alpha value is -2.88. The zero-order valence-electron chi connectivity index (χ0n) is 12.7. The molecule has 1 amide bonds. The molecule has 0 fully saturated rings. The lowest BCUT2D eigenvalue weighted by molar-refractivity contribution is -0.126. The van der Waals surface area contributed by atoms with Crippen LogP contribution in [0.25, 0.3) is 6.08 Å². The van der Waals surface area contributed by atoms with Crippen molar-refractivity contribution in [2.75, 3.05) is 20.2 Å². The molecule has 0 unspecified atom stereocenters. The molecule has 1 rings (SSSR count). The van der Waals surface area contributed by atoms with Crippen molar-refractivity contribution in [1.82, 2.24) is 4.90 Å². The molecule has 116 valence electrons. The summed E-state index contributed by atoms with van der Waals surface area (Å²) >= 11 is 0. The van der Waals surface area contributed by atoms with Crippen LogP contribution in [-0.4, -0.2) is 36.1 Å². The van der Waals surface area contributed by atoms with Crippen LogP contribution in [0.1, 0.15) is 19.4 Å². The van der Waals surface area contributed by atoms with E-state index in [1.165, 1.54) is 30.2 Å². The van der Waals surface area contributed by atoms with Crippen molar-refractivity contribution in [3.63, 3.8) is 0 Å². The highest BCUT2D eigenvalue weighted by atomic mass is 16.5. The Morgan fingerprint density at radius 3 is 2.55 bits per heavy atom. The van der Waals surface area contributed by atoms with E-state index in [9.17, 15) is 20.1 Å². The third-order valence-electron chi connectivity index (χ3n) is 3.11. The van der Waals surface area contributed by atoms with Gasteiger partial charge in [0.15, 0.2) is 17.2 Å². The molecule has 1 aromatic carbocycles. The zero-order chi connectivity index (χ0) is 16.7. The monoisotopic (exact) mass is 303 g/mol. The van der Waals surface area contributed by atoms with Crippen LogP contribution < -0.4 is 4.74 Å². The van der Waals surface area contributed by atoms with Gasteiger partial charge in [-0.25, -0.2) is 0 Å². The van der Waals surface area contributed by atoms with Crippen molar-refractivity contribution in [2.24, 2.45) is 5.18 Å². The fraction of sp³-hybridized carbons (Fsp3) is 0.333. The summed E-state index contributed by atoms with van der Waals surface area (Å²) in [6.45, 7) is 4.59. The number of nitriles is 1. The molecule has 0 atom stereocenters. The van der Waals surface area contributed by atoms with Crippen LogP contribution in [-0.2, 0) is 4.79 Å². The first-order valence-electron chi connectivity index (χ1n) is 6.67. The molecule has 1 aromatic rings. The first-order valence-corrected chi connectivity index (χ1v) is 6.67. The summed E-state index contributed by atoms with van der Waals surface area (Å²) in [4.78, 5) is 24.4. The van der Waals surface area contributed by atoms with Crippen LogP contribution in [0.15, 0.2) is 22.9 Å². The number of phenols is 1. The summed E-state index contributed by atoms with van der Waals surface area (Å²) in [6.07, 6.45) is 1.33. The number of hydrogen-bond donors (Lipinski definition) is 1. The molecule has 0 radical (unpaired) electrons. The zero-order valence-corrected chi connectivity index (χ0v) is 12.7. The highest BCUT2D eigenvalue weighted by Gasteiger charge is 2.16. The highest BCUT2D eigenvalue weighted by molar-refractivity contribution is 6.01. The van der Waals surface area contributed by atoms with E-state index >= 15 is 0 Å². The maximum Gasteiger partial charge on any atom is 0.264 e. The molecule has 0 aliphatic rings. The normalized spacial score (nSPS) is 10.7. The highest BCUT2D eigenvalue weighted by Crippen LogP contribution is 2.37. The van der Waals surface area contributed by atoms with Gasteiger partial charge in [-0.1, -0.05) is 0 Å². The number of benzene rings is 1. The van der Waals surface area contributed by atoms with Gasteiger partial charge >= 0.3 is 0 Å². The molecule has 0 heterocycles. The number of aromatic hydroxyl groups is 1. The van der Waals surface area contributed by atoms with Crippen LogP contribution in [0.4, 0.5) is 5.69 Å². The first-order chi connectivity index (χ1) is 10.5. The summed E-state index contributed by atoms with van der Waals surface area (Å²) in [5, 5.41) is 21.6. The third kappa shape index (κ3) is 3.61. The standard InChI is InChI=1S/C15H17N3O4/c1-4-18(5-2)15(20)11(9-16)6-10-7-12(17-21)14(19)13(8-10)22-3/h6-8,19H,4-5H2,1-3H3/b11-6+. The largest absolute Gasteiger partial charge is 0.503 e. The molecule has 0 saturated carbocycles. The molecule has 0 aromatic heterocycles. The van der Waals surface area contributed by atoms with Crippen molar-refractivity contribution in [1.29, 1.82) is 5.26 Å². The summed E-state index contributed by atoms with van der Waals surface area (Å²) < 4.78 is 4.94. The van der Waals surface area contributed by atoms with Gasteiger partial charge in [0.05, 0.1) is 7.11 Å². The number of amides is 1. The van der Waals surface area contributed by atoms with E-state index in [2.05, 4.69) is 5.18 Å². The van der Waals surface area contributed by atoms with Crippen molar-refractivity contribution in [2.45, 2.75) is 13.8 Å². The molecule has 0 bridgehead atoms. The van der Waals surface area contributed by atoms with E-state index in [0.717, 1.165) is 0 Å². The maximum absolute atomic E-state index is 12.2. The van der Waals surface area contributed by atoms with Crippen molar-refractivity contribution >= 4 is 17.7 Å². The first kappa shape index (κ1) is 17.2.